The van der Waals surface area contributed by atoms with Crippen LogP contribution in [0.25, 0.3) is 0 Å². The third kappa shape index (κ3) is 4.87. The average molecular weight is 500 g/mol. The van der Waals surface area contributed by atoms with Gasteiger partial charge in [0.1, 0.15) is 5.57 Å². The first-order chi connectivity index (χ1) is 16.3. The van der Waals surface area contributed by atoms with Gasteiger partial charge in [0, 0.05) is 41.1 Å². The number of hydrogen-bond acceptors (Lipinski definition) is 6. The number of aliphatic hydroxyl groups excluding tert-OH is 1. The maximum absolute atomic E-state index is 13.4. The number of ketones is 2. The van der Waals surface area contributed by atoms with Crippen molar-refractivity contribution in [3.05, 3.63) is 69.1 Å². The van der Waals surface area contributed by atoms with E-state index in [1.807, 2.05) is 37.1 Å². The second kappa shape index (κ2) is 10.1. The van der Waals surface area contributed by atoms with Crippen molar-refractivity contribution in [2.45, 2.75) is 66.6 Å². The molecule has 188 valence electrons. The normalized spacial score (nSPS) is 24.5. The van der Waals surface area contributed by atoms with E-state index < -0.39 is 35.2 Å². The fraction of sp³-hybridized carbons (Fsp3) is 0.464. The Balaban J connectivity index is 2.27. The third-order valence-electron chi connectivity index (χ3n) is 6.88. The second-order valence-electron chi connectivity index (χ2n) is 9.91. The minimum atomic E-state index is -1.70. The summed E-state index contributed by atoms with van der Waals surface area (Å²) in [5.74, 6) is -2.48. The molecule has 7 heteroatoms. The zero-order valence-corrected chi connectivity index (χ0v) is 22.2. The van der Waals surface area contributed by atoms with Gasteiger partial charge in [-0.15, -0.1) is 0 Å². The predicted molar refractivity (Wildman–Crippen MR) is 136 cm³/mol. The molecule has 2 heterocycles. The van der Waals surface area contributed by atoms with Crippen molar-refractivity contribution >= 4 is 29.1 Å². The zero-order chi connectivity index (χ0) is 26.2. The Kier molecular flexibility index (Phi) is 7.77. The molecule has 0 aromatic rings. The summed E-state index contributed by atoms with van der Waals surface area (Å²) in [6.45, 7) is 13.3. The quantitative estimate of drug-likeness (QED) is 0.290. The molecule has 0 unspecified atom stereocenters. The fourth-order valence-electron chi connectivity index (χ4n) is 4.15. The van der Waals surface area contributed by atoms with Crippen LogP contribution in [0.5, 0.6) is 0 Å². The number of fused-ring (bicyclic) bond motifs is 3. The van der Waals surface area contributed by atoms with Crippen LogP contribution in [-0.4, -0.2) is 45.8 Å². The van der Waals surface area contributed by atoms with Gasteiger partial charge in [0.05, 0.1) is 11.1 Å². The van der Waals surface area contributed by atoms with E-state index in [1.165, 1.54) is 13.8 Å². The molecule has 0 fully saturated rings. The molecule has 1 N–H and O–H groups in total. The lowest BCUT2D eigenvalue weighted by atomic mass is 9.74. The minimum absolute atomic E-state index is 0.0381. The number of carbonyl (C=O) groups excluding carboxylic acids is 3. The van der Waals surface area contributed by atoms with E-state index in [1.54, 1.807) is 6.92 Å². The molecule has 0 radical (unpaired) electrons. The van der Waals surface area contributed by atoms with Crippen LogP contribution in [0.3, 0.4) is 0 Å². The molecule has 0 amide bonds. The van der Waals surface area contributed by atoms with Gasteiger partial charge in [-0.05, 0) is 45.8 Å². The summed E-state index contributed by atoms with van der Waals surface area (Å²) in [6.07, 6.45) is 9.83. The number of aliphatic hydroxyl groups is 1. The van der Waals surface area contributed by atoms with E-state index in [0.717, 1.165) is 17.7 Å². The molecule has 0 saturated heterocycles. The van der Waals surface area contributed by atoms with Gasteiger partial charge in [0.15, 0.2) is 11.4 Å². The summed E-state index contributed by atoms with van der Waals surface area (Å²) in [7, 11) is 0. The van der Waals surface area contributed by atoms with E-state index in [-0.39, 0.29) is 16.2 Å². The number of carbonyl (C=O) groups is 3. The summed E-state index contributed by atoms with van der Waals surface area (Å²) >= 11 is 6.57. The van der Waals surface area contributed by atoms with E-state index in [4.69, 9.17) is 16.3 Å². The van der Waals surface area contributed by atoms with E-state index in [2.05, 4.69) is 26.0 Å². The Morgan fingerprint density at radius 2 is 1.91 bits per heavy atom. The summed E-state index contributed by atoms with van der Waals surface area (Å²) in [6, 6.07) is 0. The topological polar surface area (TPSA) is 83.9 Å². The van der Waals surface area contributed by atoms with E-state index in [9.17, 15) is 19.5 Å². The number of esters is 1. The van der Waals surface area contributed by atoms with Crippen LogP contribution in [0.1, 0.15) is 54.9 Å². The first kappa shape index (κ1) is 26.9. The number of halogens is 1. The molecule has 0 aromatic carbocycles. The lowest BCUT2D eigenvalue weighted by molar-refractivity contribution is -0.153. The van der Waals surface area contributed by atoms with Gasteiger partial charge in [-0.25, -0.2) is 4.79 Å². The number of allylic oxidation sites excluding steroid dienone is 5. The van der Waals surface area contributed by atoms with Crippen LogP contribution in [0.15, 0.2) is 69.1 Å². The Hall–Kier alpha value is -2.70. The molecular formula is C28H34ClNO5. The molecule has 3 aliphatic rings. The molecule has 0 bridgehead atoms. The molecule has 0 aromatic heterocycles. The minimum Gasteiger partial charge on any atom is -0.442 e. The van der Waals surface area contributed by atoms with Crippen molar-refractivity contribution in [3.63, 3.8) is 0 Å². The van der Waals surface area contributed by atoms with Crippen LogP contribution < -0.4 is 0 Å². The van der Waals surface area contributed by atoms with Crippen molar-refractivity contribution in [1.29, 1.82) is 0 Å². The lowest BCUT2D eigenvalue weighted by Gasteiger charge is -2.36. The van der Waals surface area contributed by atoms with Gasteiger partial charge in [-0.1, -0.05) is 56.5 Å². The molecule has 4 atom stereocenters. The van der Waals surface area contributed by atoms with Crippen molar-refractivity contribution < 1.29 is 24.2 Å². The highest BCUT2D eigenvalue weighted by Crippen LogP contribution is 2.50. The molecule has 0 spiro atoms. The summed E-state index contributed by atoms with van der Waals surface area (Å²) in [5.41, 5.74) is 1.25. The van der Waals surface area contributed by atoms with Crippen molar-refractivity contribution in [3.8, 4) is 0 Å². The van der Waals surface area contributed by atoms with Crippen LogP contribution in [0, 0.1) is 11.8 Å². The number of nitrogens with zero attached hydrogens (tertiary/aromatic N) is 1. The maximum atomic E-state index is 13.4. The van der Waals surface area contributed by atoms with Gasteiger partial charge in [-0.2, -0.15) is 0 Å². The number of ether oxygens (including phenoxy) is 1. The molecule has 3 rings (SSSR count). The smallest absolute Gasteiger partial charge is 0.343 e. The summed E-state index contributed by atoms with van der Waals surface area (Å²) in [5, 5.41) is 9.97. The first-order valence-electron chi connectivity index (χ1n) is 12.0. The zero-order valence-electron chi connectivity index (χ0n) is 21.4. The molecule has 0 saturated carbocycles. The Morgan fingerprint density at radius 1 is 1.26 bits per heavy atom. The summed E-state index contributed by atoms with van der Waals surface area (Å²) in [4.78, 5) is 41.6. The van der Waals surface area contributed by atoms with Crippen molar-refractivity contribution in [2.24, 2.45) is 11.8 Å². The number of rotatable bonds is 8. The van der Waals surface area contributed by atoms with Gasteiger partial charge >= 0.3 is 5.97 Å². The largest absolute Gasteiger partial charge is 0.442 e. The van der Waals surface area contributed by atoms with Crippen molar-refractivity contribution in [2.75, 3.05) is 6.54 Å². The molecular weight excluding hydrogens is 466 g/mol. The highest BCUT2D eigenvalue weighted by Gasteiger charge is 2.57. The highest BCUT2D eigenvalue weighted by atomic mass is 35.5. The standard InChI is InChI=1S/C28H34ClNO5/c1-8-16(4)9-10-19-13-20-21(14-30(19)12-11-15(2)3)23-22(25(32)17(5)18(6)31)27(34)35-28(23,7)26(33)24(20)29/h9-11,13-14,16-18,31H,8,12H2,1-7H3/b10-9+/t16-,17-,18+,28-/m0/s1. The molecule has 35 heavy (non-hydrogen) atoms. The maximum Gasteiger partial charge on any atom is 0.343 e. The number of Topliss-reactive ketones (excluding diaryl/α,β-unsaturated/α-hetero) is 2. The van der Waals surface area contributed by atoms with Gasteiger partial charge in [-0.3, -0.25) is 9.59 Å². The van der Waals surface area contributed by atoms with Crippen LogP contribution in [0.2, 0.25) is 0 Å². The van der Waals surface area contributed by atoms with Gasteiger partial charge < -0.3 is 14.7 Å². The van der Waals surface area contributed by atoms with Crippen molar-refractivity contribution in [1.82, 2.24) is 4.90 Å². The lowest BCUT2D eigenvalue weighted by Crippen LogP contribution is -2.43. The molecule has 6 nitrogen and oxygen atoms in total. The van der Waals surface area contributed by atoms with Crippen LogP contribution in [-0.2, 0) is 19.1 Å². The second-order valence-corrected chi connectivity index (χ2v) is 10.3. The molecule has 1 aliphatic carbocycles. The van der Waals surface area contributed by atoms with Gasteiger partial charge in [0.25, 0.3) is 0 Å². The SMILES string of the molecule is CC[C@H](C)/C=C/C1=CC2=C(Cl)C(=O)[C@@]3(C)OC(=O)C(C(=O)[C@@H](C)[C@@H](C)O)=C3C2=CN1CC=C(C)C. The van der Waals surface area contributed by atoms with Crippen LogP contribution >= 0.6 is 11.6 Å². The summed E-state index contributed by atoms with van der Waals surface area (Å²) < 4.78 is 5.51. The first-order valence-corrected chi connectivity index (χ1v) is 12.4. The third-order valence-corrected chi connectivity index (χ3v) is 7.26. The predicted octanol–water partition coefficient (Wildman–Crippen LogP) is 4.91. The Bertz CT molecular complexity index is 1150. The van der Waals surface area contributed by atoms with E-state index in [0.29, 0.717) is 23.6 Å². The van der Waals surface area contributed by atoms with Gasteiger partial charge in [0.2, 0.25) is 5.78 Å². The Labute approximate surface area is 212 Å². The number of hydrogen-bond donors (Lipinski definition) is 1. The fourth-order valence-corrected chi connectivity index (χ4v) is 4.49. The Morgan fingerprint density at radius 3 is 2.49 bits per heavy atom. The highest BCUT2D eigenvalue weighted by molar-refractivity contribution is 6.46. The monoisotopic (exact) mass is 499 g/mol. The average Bonchev–Trinajstić information content (AvgIpc) is 3.09. The van der Waals surface area contributed by atoms with Crippen LogP contribution in [0.4, 0.5) is 0 Å². The molecule has 2 aliphatic heterocycles. The van der Waals surface area contributed by atoms with E-state index >= 15 is 0 Å².